The molecule has 1 atom stereocenters. The Kier molecular flexibility index (Phi) is 6.66. The van der Waals surface area contributed by atoms with Gasteiger partial charge in [0.2, 0.25) is 5.13 Å². The second kappa shape index (κ2) is 9.17. The number of hydrogen-bond donors (Lipinski definition) is 1. The first-order valence-electron chi connectivity index (χ1n) is 8.30. The molecule has 5 nitrogen and oxygen atoms in total. The van der Waals surface area contributed by atoms with Crippen molar-refractivity contribution in [3.05, 3.63) is 69.1 Å². The van der Waals surface area contributed by atoms with E-state index in [9.17, 15) is 4.79 Å². The summed E-state index contributed by atoms with van der Waals surface area (Å²) >= 11 is 13.3. The predicted molar refractivity (Wildman–Crippen MR) is 109 cm³/mol. The van der Waals surface area contributed by atoms with Crippen molar-refractivity contribution in [3.63, 3.8) is 0 Å². The fraction of sp³-hybridized carbons (Fsp3) is 0.211. The van der Waals surface area contributed by atoms with E-state index in [1.165, 1.54) is 16.9 Å². The van der Waals surface area contributed by atoms with Gasteiger partial charge in [-0.1, -0.05) is 64.9 Å². The molecule has 0 radical (unpaired) electrons. The number of amides is 1. The second-order valence-corrected chi connectivity index (χ2v) is 7.72. The number of hydrogen-bond acceptors (Lipinski definition) is 5. The van der Waals surface area contributed by atoms with E-state index in [1.807, 2.05) is 18.2 Å². The van der Waals surface area contributed by atoms with E-state index in [0.717, 1.165) is 17.8 Å². The van der Waals surface area contributed by atoms with Crippen molar-refractivity contribution in [1.29, 1.82) is 0 Å². The third kappa shape index (κ3) is 5.66. The van der Waals surface area contributed by atoms with Gasteiger partial charge in [0.1, 0.15) is 10.8 Å². The number of aryl methyl sites for hydroxylation is 2. The Balaban J connectivity index is 1.53. The molecule has 1 heterocycles. The van der Waals surface area contributed by atoms with Gasteiger partial charge in [-0.15, -0.1) is 10.2 Å². The van der Waals surface area contributed by atoms with E-state index < -0.39 is 6.10 Å². The highest BCUT2D eigenvalue weighted by molar-refractivity contribution is 7.15. The Morgan fingerprint density at radius 3 is 2.67 bits per heavy atom. The van der Waals surface area contributed by atoms with Crippen LogP contribution in [0.4, 0.5) is 5.13 Å². The van der Waals surface area contributed by atoms with Crippen molar-refractivity contribution < 1.29 is 9.53 Å². The zero-order chi connectivity index (χ0) is 19.2. The lowest BCUT2D eigenvalue weighted by Crippen LogP contribution is -2.30. The second-order valence-electron chi connectivity index (χ2n) is 5.81. The minimum Gasteiger partial charge on any atom is -0.479 e. The van der Waals surface area contributed by atoms with Gasteiger partial charge < -0.3 is 4.74 Å². The molecule has 0 spiro atoms. The molecule has 1 amide bonds. The third-order valence-corrected chi connectivity index (χ3v) is 5.16. The molecule has 8 heteroatoms. The van der Waals surface area contributed by atoms with E-state index in [0.29, 0.717) is 20.9 Å². The zero-order valence-electron chi connectivity index (χ0n) is 14.5. The Labute approximate surface area is 171 Å². The molecule has 140 valence electrons. The quantitative estimate of drug-likeness (QED) is 0.580. The first-order valence-corrected chi connectivity index (χ1v) is 9.87. The molecule has 0 aliphatic carbocycles. The monoisotopic (exact) mass is 421 g/mol. The number of ether oxygens (including phenoxy) is 1. The Morgan fingerprint density at radius 1 is 1.15 bits per heavy atom. The van der Waals surface area contributed by atoms with Crippen molar-refractivity contribution >= 4 is 45.6 Å². The summed E-state index contributed by atoms with van der Waals surface area (Å²) in [7, 11) is 0. The first-order chi connectivity index (χ1) is 13.0. The van der Waals surface area contributed by atoms with E-state index in [2.05, 4.69) is 27.6 Å². The number of nitrogens with zero attached hydrogens (tertiary/aromatic N) is 2. The smallest absolute Gasteiger partial charge is 0.266 e. The van der Waals surface area contributed by atoms with Crippen LogP contribution in [0, 0.1) is 0 Å². The molecule has 1 N–H and O–H groups in total. The fourth-order valence-corrected chi connectivity index (χ4v) is 3.52. The average Bonchev–Trinajstić information content (AvgIpc) is 3.10. The summed E-state index contributed by atoms with van der Waals surface area (Å²) in [5.41, 5.74) is 1.24. The summed E-state index contributed by atoms with van der Waals surface area (Å²) < 4.78 is 5.60. The summed E-state index contributed by atoms with van der Waals surface area (Å²) in [5, 5.41) is 13.0. The standard InChI is InChI=1S/C19H17Cl2N3O2S/c1-12(26-16-9-8-14(20)11-15(16)21)18(25)22-19-24-23-17(27-19)10-7-13-5-3-2-4-6-13/h2-6,8-9,11-12H,7,10H2,1H3,(H,22,24,25)/t12-/m1/s1. The van der Waals surface area contributed by atoms with E-state index in [4.69, 9.17) is 27.9 Å². The van der Waals surface area contributed by atoms with Crippen LogP contribution in [0.3, 0.4) is 0 Å². The number of carbonyl (C=O) groups is 1. The summed E-state index contributed by atoms with van der Waals surface area (Å²) in [6.07, 6.45) is 0.891. The molecule has 1 aromatic heterocycles. The van der Waals surface area contributed by atoms with Crippen LogP contribution in [0.1, 0.15) is 17.5 Å². The minimum atomic E-state index is -0.750. The van der Waals surface area contributed by atoms with Crippen molar-refractivity contribution in [2.45, 2.75) is 25.9 Å². The maximum atomic E-state index is 12.3. The van der Waals surface area contributed by atoms with Crippen LogP contribution in [0.25, 0.3) is 0 Å². The molecule has 0 bridgehead atoms. The summed E-state index contributed by atoms with van der Waals surface area (Å²) in [6.45, 7) is 1.64. The summed E-state index contributed by atoms with van der Waals surface area (Å²) in [5.74, 6) is 0.0660. The van der Waals surface area contributed by atoms with Gasteiger partial charge in [0.25, 0.3) is 5.91 Å². The third-order valence-electron chi connectivity index (χ3n) is 3.73. The number of aromatic nitrogens is 2. The molecule has 2 aromatic carbocycles. The van der Waals surface area contributed by atoms with Crippen molar-refractivity contribution in [3.8, 4) is 5.75 Å². The van der Waals surface area contributed by atoms with Gasteiger partial charge in [-0.3, -0.25) is 10.1 Å². The van der Waals surface area contributed by atoms with Crippen LogP contribution in [0.15, 0.2) is 48.5 Å². The SMILES string of the molecule is C[C@@H](Oc1ccc(Cl)cc1Cl)C(=O)Nc1nnc(CCc2ccccc2)s1. The molecular formula is C19H17Cl2N3O2S. The zero-order valence-corrected chi connectivity index (χ0v) is 16.8. The molecular weight excluding hydrogens is 405 g/mol. The molecule has 27 heavy (non-hydrogen) atoms. The van der Waals surface area contributed by atoms with Crippen LogP contribution in [-0.4, -0.2) is 22.2 Å². The lowest BCUT2D eigenvalue weighted by atomic mass is 10.1. The van der Waals surface area contributed by atoms with Gasteiger partial charge in [0.15, 0.2) is 6.10 Å². The number of carbonyl (C=O) groups excluding carboxylic acids is 1. The average molecular weight is 422 g/mol. The van der Waals surface area contributed by atoms with E-state index in [-0.39, 0.29) is 5.91 Å². The topological polar surface area (TPSA) is 64.1 Å². The lowest BCUT2D eigenvalue weighted by Gasteiger charge is -2.14. The fourth-order valence-electron chi connectivity index (χ4n) is 2.32. The molecule has 0 unspecified atom stereocenters. The highest BCUT2D eigenvalue weighted by atomic mass is 35.5. The molecule has 0 saturated carbocycles. The molecule has 0 aliphatic heterocycles. The highest BCUT2D eigenvalue weighted by Gasteiger charge is 2.18. The maximum Gasteiger partial charge on any atom is 0.266 e. The first kappa shape index (κ1) is 19.6. The van der Waals surface area contributed by atoms with Gasteiger partial charge >= 0.3 is 0 Å². The van der Waals surface area contributed by atoms with Crippen molar-refractivity contribution in [2.75, 3.05) is 5.32 Å². The van der Waals surface area contributed by atoms with Gasteiger partial charge in [-0.2, -0.15) is 0 Å². The van der Waals surface area contributed by atoms with E-state index in [1.54, 1.807) is 25.1 Å². The van der Waals surface area contributed by atoms with Crippen molar-refractivity contribution in [1.82, 2.24) is 10.2 Å². The minimum absolute atomic E-state index is 0.327. The van der Waals surface area contributed by atoms with Gasteiger partial charge in [-0.25, -0.2) is 0 Å². The maximum absolute atomic E-state index is 12.3. The predicted octanol–water partition coefficient (Wildman–Crippen LogP) is 5.04. The van der Waals surface area contributed by atoms with Crippen LogP contribution >= 0.6 is 34.5 Å². The van der Waals surface area contributed by atoms with Crippen LogP contribution < -0.4 is 10.1 Å². The number of nitrogens with one attached hydrogen (secondary N) is 1. The lowest BCUT2D eigenvalue weighted by molar-refractivity contribution is -0.122. The molecule has 3 rings (SSSR count). The Bertz CT molecular complexity index is 918. The Hall–Kier alpha value is -2.15. The highest BCUT2D eigenvalue weighted by Crippen LogP contribution is 2.28. The van der Waals surface area contributed by atoms with Gasteiger partial charge in [-0.05, 0) is 37.1 Å². The van der Waals surface area contributed by atoms with Crippen LogP contribution in [-0.2, 0) is 17.6 Å². The van der Waals surface area contributed by atoms with Gasteiger partial charge in [0, 0.05) is 11.4 Å². The normalized spacial score (nSPS) is 11.8. The largest absolute Gasteiger partial charge is 0.479 e. The summed E-state index contributed by atoms with van der Waals surface area (Å²) in [4.78, 5) is 12.3. The number of rotatable bonds is 7. The molecule has 0 saturated heterocycles. The van der Waals surface area contributed by atoms with Gasteiger partial charge in [0.05, 0.1) is 5.02 Å². The Morgan fingerprint density at radius 2 is 1.93 bits per heavy atom. The number of anilines is 1. The van der Waals surface area contributed by atoms with E-state index >= 15 is 0 Å². The number of benzene rings is 2. The van der Waals surface area contributed by atoms with Crippen LogP contribution in [0.2, 0.25) is 10.0 Å². The molecule has 0 aliphatic rings. The van der Waals surface area contributed by atoms with Crippen molar-refractivity contribution in [2.24, 2.45) is 0 Å². The number of halogens is 2. The summed E-state index contributed by atoms with van der Waals surface area (Å²) in [6, 6.07) is 15.0. The van der Waals surface area contributed by atoms with Crippen LogP contribution in [0.5, 0.6) is 5.75 Å². The molecule has 0 fully saturated rings. The molecule has 3 aromatic rings.